The van der Waals surface area contributed by atoms with Gasteiger partial charge in [-0.2, -0.15) is 0 Å². The fourth-order valence-corrected chi connectivity index (χ4v) is 1.99. The number of hydrogen-bond donors (Lipinski definition) is 1. The number of hydrogen-bond acceptors (Lipinski definition) is 2. The van der Waals surface area contributed by atoms with Gasteiger partial charge in [0.05, 0.1) is 18.6 Å². The Morgan fingerprint density at radius 2 is 1.95 bits per heavy atom. The summed E-state index contributed by atoms with van der Waals surface area (Å²) in [5.74, 6) is 0.0251. The van der Waals surface area contributed by atoms with Crippen LogP contribution in [0.3, 0.4) is 0 Å². The van der Waals surface area contributed by atoms with E-state index in [9.17, 15) is 9.18 Å². The molecule has 0 heterocycles. The van der Waals surface area contributed by atoms with Crippen molar-refractivity contribution in [3.63, 3.8) is 0 Å². The van der Waals surface area contributed by atoms with Gasteiger partial charge in [-0.25, -0.2) is 4.39 Å². The monoisotopic (exact) mass is 293 g/mol. The van der Waals surface area contributed by atoms with Gasteiger partial charge in [-0.3, -0.25) is 4.79 Å². The van der Waals surface area contributed by atoms with E-state index in [2.05, 4.69) is 5.32 Å². The van der Waals surface area contributed by atoms with E-state index >= 15 is 0 Å². The summed E-state index contributed by atoms with van der Waals surface area (Å²) in [6, 6.07) is 10.8. The number of amides is 1. The quantitative estimate of drug-likeness (QED) is 0.934. The first-order chi connectivity index (χ1) is 9.58. The SMILES string of the molecule is COc1ccc(NC(=O)Cc2ccc(F)cc2)cc1Cl. The van der Waals surface area contributed by atoms with E-state index in [4.69, 9.17) is 16.3 Å². The average Bonchev–Trinajstić information content (AvgIpc) is 2.41. The summed E-state index contributed by atoms with van der Waals surface area (Å²) >= 11 is 5.97. The second-order valence-corrected chi connectivity index (χ2v) is 4.61. The Morgan fingerprint density at radius 1 is 1.25 bits per heavy atom. The van der Waals surface area contributed by atoms with E-state index in [0.29, 0.717) is 16.5 Å². The van der Waals surface area contributed by atoms with Crippen LogP contribution in [0.25, 0.3) is 0 Å². The summed E-state index contributed by atoms with van der Waals surface area (Å²) in [6.45, 7) is 0. The first-order valence-corrected chi connectivity index (χ1v) is 6.34. The summed E-state index contributed by atoms with van der Waals surface area (Å²) < 4.78 is 17.8. The molecule has 0 aliphatic rings. The van der Waals surface area contributed by atoms with E-state index in [1.807, 2.05) is 0 Å². The van der Waals surface area contributed by atoms with Crippen LogP contribution in [0.5, 0.6) is 5.75 Å². The highest BCUT2D eigenvalue weighted by molar-refractivity contribution is 6.32. The standard InChI is InChI=1S/C15H13ClFNO2/c1-20-14-7-6-12(9-13(14)16)18-15(19)8-10-2-4-11(17)5-3-10/h2-7,9H,8H2,1H3,(H,18,19). The number of anilines is 1. The molecule has 0 spiro atoms. The van der Waals surface area contributed by atoms with Crippen LogP contribution in [0.2, 0.25) is 5.02 Å². The van der Waals surface area contributed by atoms with Gasteiger partial charge in [0.2, 0.25) is 5.91 Å². The van der Waals surface area contributed by atoms with Crippen LogP contribution in [-0.2, 0) is 11.2 Å². The highest BCUT2D eigenvalue weighted by Gasteiger charge is 2.07. The Hall–Kier alpha value is -2.07. The molecule has 20 heavy (non-hydrogen) atoms. The van der Waals surface area contributed by atoms with Gasteiger partial charge in [0, 0.05) is 5.69 Å². The summed E-state index contributed by atoms with van der Waals surface area (Å²) in [5, 5.41) is 3.15. The maximum Gasteiger partial charge on any atom is 0.228 e. The molecule has 0 fully saturated rings. The molecule has 3 nitrogen and oxygen atoms in total. The minimum atomic E-state index is -0.323. The first-order valence-electron chi connectivity index (χ1n) is 5.96. The van der Waals surface area contributed by atoms with Gasteiger partial charge in [-0.1, -0.05) is 23.7 Å². The molecule has 0 aliphatic heterocycles. The van der Waals surface area contributed by atoms with E-state index in [1.54, 1.807) is 30.3 Å². The number of carbonyl (C=O) groups is 1. The topological polar surface area (TPSA) is 38.3 Å². The van der Waals surface area contributed by atoms with Crippen molar-refractivity contribution < 1.29 is 13.9 Å². The molecule has 1 amide bonds. The lowest BCUT2D eigenvalue weighted by Crippen LogP contribution is -2.14. The van der Waals surface area contributed by atoms with Crippen molar-refractivity contribution in [3.05, 3.63) is 58.9 Å². The third kappa shape index (κ3) is 3.71. The number of nitrogens with one attached hydrogen (secondary N) is 1. The lowest BCUT2D eigenvalue weighted by molar-refractivity contribution is -0.115. The molecule has 0 aliphatic carbocycles. The Labute approximate surface area is 121 Å². The minimum Gasteiger partial charge on any atom is -0.495 e. The molecule has 0 aromatic heterocycles. The fourth-order valence-electron chi connectivity index (χ4n) is 1.74. The fraction of sp³-hybridized carbons (Fsp3) is 0.133. The molecule has 104 valence electrons. The molecule has 2 rings (SSSR count). The molecule has 0 bridgehead atoms. The molecule has 0 atom stereocenters. The Kier molecular flexibility index (Phi) is 4.58. The zero-order valence-electron chi connectivity index (χ0n) is 10.8. The highest BCUT2D eigenvalue weighted by atomic mass is 35.5. The Balaban J connectivity index is 2.01. The minimum absolute atomic E-state index is 0.171. The van der Waals surface area contributed by atoms with Gasteiger partial charge in [-0.05, 0) is 35.9 Å². The van der Waals surface area contributed by atoms with Gasteiger partial charge in [-0.15, -0.1) is 0 Å². The van der Waals surface area contributed by atoms with Crippen LogP contribution in [-0.4, -0.2) is 13.0 Å². The Bertz CT molecular complexity index is 614. The molecule has 0 saturated heterocycles. The van der Waals surface area contributed by atoms with Crippen molar-refractivity contribution >= 4 is 23.2 Å². The summed E-state index contributed by atoms with van der Waals surface area (Å²) in [4.78, 5) is 11.9. The van der Waals surface area contributed by atoms with Crippen molar-refractivity contribution in [2.45, 2.75) is 6.42 Å². The van der Waals surface area contributed by atoms with Crippen molar-refractivity contribution in [2.24, 2.45) is 0 Å². The van der Waals surface area contributed by atoms with Crippen molar-refractivity contribution in [1.29, 1.82) is 0 Å². The molecular weight excluding hydrogens is 281 g/mol. The second kappa shape index (κ2) is 6.39. The third-order valence-electron chi connectivity index (χ3n) is 2.71. The lowest BCUT2D eigenvalue weighted by atomic mass is 10.1. The van der Waals surface area contributed by atoms with Crippen LogP contribution < -0.4 is 10.1 Å². The number of rotatable bonds is 4. The first kappa shape index (κ1) is 14.3. The van der Waals surface area contributed by atoms with Gasteiger partial charge < -0.3 is 10.1 Å². The smallest absolute Gasteiger partial charge is 0.228 e. The maximum atomic E-state index is 12.8. The second-order valence-electron chi connectivity index (χ2n) is 4.20. The van der Waals surface area contributed by atoms with Crippen LogP contribution >= 0.6 is 11.6 Å². The molecule has 2 aromatic carbocycles. The van der Waals surface area contributed by atoms with E-state index in [-0.39, 0.29) is 18.1 Å². The van der Waals surface area contributed by atoms with Crippen molar-refractivity contribution in [1.82, 2.24) is 0 Å². The number of methoxy groups -OCH3 is 1. The molecule has 2 aromatic rings. The van der Waals surface area contributed by atoms with Crippen molar-refractivity contribution in [2.75, 3.05) is 12.4 Å². The lowest BCUT2D eigenvalue weighted by Gasteiger charge is -2.08. The van der Waals surface area contributed by atoms with Gasteiger partial charge in [0.25, 0.3) is 0 Å². The average molecular weight is 294 g/mol. The predicted molar refractivity (Wildman–Crippen MR) is 76.7 cm³/mol. The van der Waals surface area contributed by atoms with E-state index in [1.165, 1.54) is 19.2 Å². The zero-order valence-corrected chi connectivity index (χ0v) is 11.6. The van der Waals surface area contributed by atoms with Gasteiger partial charge in [0.1, 0.15) is 11.6 Å². The maximum absolute atomic E-state index is 12.8. The van der Waals surface area contributed by atoms with Crippen molar-refractivity contribution in [3.8, 4) is 5.75 Å². The predicted octanol–water partition coefficient (Wildman–Crippen LogP) is 3.67. The summed E-state index contributed by atoms with van der Waals surface area (Å²) in [6.07, 6.45) is 0.171. The molecule has 0 radical (unpaired) electrons. The van der Waals surface area contributed by atoms with E-state index in [0.717, 1.165) is 5.56 Å². The molecule has 0 unspecified atom stereocenters. The summed E-state index contributed by atoms with van der Waals surface area (Å²) in [7, 11) is 1.52. The molecule has 1 N–H and O–H groups in total. The van der Waals surface area contributed by atoms with Gasteiger partial charge in [0.15, 0.2) is 0 Å². The highest BCUT2D eigenvalue weighted by Crippen LogP contribution is 2.27. The molecular formula is C15H13ClFNO2. The van der Waals surface area contributed by atoms with Crippen LogP contribution in [0.15, 0.2) is 42.5 Å². The zero-order chi connectivity index (χ0) is 14.5. The van der Waals surface area contributed by atoms with Crippen LogP contribution in [0, 0.1) is 5.82 Å². The largest absolute Gasteiger partial charge is 0.495 e. The molecule has 5 heteroatoms. The number of carbonyl (C=O) groups excluding carboxylic acids is 1. The Morgan fingerprint density at radius 3 is 2.55 bits per heavy atom. The van der Waals surface area contributed by atoms with Crippen LogP contribution in [0.1, 0.15) is 5.56 Å². The van der Waals surface area contributed by atoms with Gasteiger partial charge >= 0.3 is 0 Å². The number of ether oxygens (including phenoxy) is 1. The van der Waals surface area contributed by atoms with E-state index < -0.39 is 0 Å². The normalized spacial score (nSPS) is 10.2. The van der Waals surface area contributed by atoms with Crippen LogP contribution in [0.4, 0.5) is 10.1 Å². The third-order valence-corrected chi connectivity index (χ3v) is 3.01. The summed E-state index contributed by atoms with van der Waals surface area (Å²) in [5.41, 5.74) is 1.33. The molecule has 0 saturated carbocycles. The number of benzene rings is 2. The number of halogens is 2.